The third-order valence-corrected chi connectivity index (χ3v) is 4.97. The lowest BCUT2D eigenvalue weighted by molar-refractivity contribution is 0.180. The summed E-state index contributed by atoms with van der Waals surface area (Å²) in [6, 6.07) is 0. The molecule has 2 aliphatic heterocycles. The van der Waals surface area contributed by atoms with Gasteiger partial charge in [0.25, 0.3) is 0 Å². The van der Waals surface area contributed by atoms with Crippen LogP contribution in [0.3, 0.4) is 0 Å². The van der Waals surface area contributed by atoms with Gasteiger partial charge in [0.2, 0.25) is 0 Å². The molecule has 110 valence electrons. The zero-order chi connectivity index (χ0) is 13.5. The number of unbranched alkanes of at least 4 members (excludes halogenated alkanes) is 3. The Morgan fingerprint density at radius 1 is 1.16 bits per heavy atom. The summed E-state index contributed by atoms with van der Waals surface area (Å²) in [5.74, 6) is 0. The lowest BCUT2D eigenvalue weighted by atomic mass is 10.2. The van der Waals surface area contributed by atoms with Crippen LogP contribution in [0.25, 0.3) is 0 Å². The van der Waals surface area contributed by atoms with Gasteiger partial charge in [-0.2, -0.15) is 0 Å². The normalized spacial score (nSPS) is 24.8. The monoisotopic (exact) mass is 285 g/mol. The molecule has 2 rings (SSSR count). The van der Waals surface area contributed by atoms with Crippen molar-refractivity contribution in [3.05, 3.63) is 0 Å². The highest BCUT2D eigenvalue weighted by molar-refractivity contribution is 8.14. The second-order valence-corrected chi connectivity index (χ2v) is 6.92. The molecule has 5 heteroatoms. The van der Waals surface area contributed by atoms with Crippen LogP contribution >= 0.6 is 11.8 Å². The second kappa shape index (κ2) is 8.12. The van der Waals surface area contributed by atoms with E-state index in [1.165, 1.54) is 44.1 Å². The molecule has 1 fully saturated rings. The molecule has 0 aromatic rings. The number of thioether (sulfide) groups is 1. The fourth-order valence-electron chi connectivity index (χ4n) is 2.60. The van der Waals surface area contributed by atoms with Crippen LogP contribution in [0.15, 0.2) is 4.99 Å². The largest absolute Gasteiger partial charge is 0.396 e. The highest BCUT2D eigenvalue weighted by Gasteiger charge is 2.24. The van der Waals surface area contributed by atoms with Gasteiger partial charge >= 0.3 is 0 Å². The number of hydrogen-bond acceptors (Lipinski definition) is 5. The first-order chi connectivity index (χ1) is 9.29. The molecule has 0 spiro atoms. The zero-order valence-electron chi connectivity index (χ0n) is 12.1. The van der Waals surface area contributed by atoms with Crippen LogP contribution in [0.5, 0.6) is 0 Å². The SMILES string of the molecule is C[C@@H]1CN=C(N2CCN(CCCCCCO)CC2)S1. The number of rotatable bonds is 6. The Morgan fingerprint density at radius 3 is 2.53 bits per heavy atom. The maximum Gasteiger partial charge on any atom is 0.159 e. The van der Waals surface area contributed by atoms with Crippen molar-refractivity contribution in [2.24, 2.45) is 4.99 Å². The molecule has 1 N–H and O–H groups in total. The number of aliphatic imine (C=N–C) groups is 1. The van der Waals surface area contributed by atoms with Crippen molar-refractivity contribution in [2.75, 3.05) is 45.9 Å². The van der Waals surface area contributed by atoms with Gasteiger partial charge in [0, 0.05) is 38.0 Å². The minimum Gasteiger partial charge on any atom is -0.396 e. The summed E-state index contributed by atoms with van der Waals surface area (Å²) < 4.78 is 0. The summed E-state index contributed by atoms with van der Waals surface area (Å²) in [6.07, 6.45) is 4.65. The molecular weight excluding hydrogens is 258 g/mol. The maximum atomic E-state index is 8.74. The summed E-state index contributed by atoms with van der Waals surface area (Å²) in [7, 11) is 0. The fourth-order valence-corrected chi connectivity index (χ4v) is 3.59. The first kappa shape index (κ1) is 15.1. The predicted molar refractivity (Wildman–Crippen MR) is 82.9 cm³/mol. The highest BCUT2D eigenvalue weighted by atomic mass is 32.2. The molecule has 1 saturated heterocycles. The van der Waals surface area contributed by atoms with E-state index in [0.717, 1.165) is 26.1 Å². The van der Waals surface area contributed by atoms with Crippen molar-refractivity contribution in [1.82, 2.24) is 9.80 Å². The smallest absolute Gasteiger partial charge is 0.159 e. The summed E-state index contributed by atoms with van der Waals surface area (Å²) in [6.45, 7) is 9.42. The van der Waals surface area contributed by atoms with Crippen molar-refractivity contribution in [3.63, 3.8) is 0 Å². The zero-order valence-corrected chi connectivity index (χ0v) is 12.9. The molecule has 4 nitrogen and oxygen atoms in total. The first-order valence-corrected chi connectivity index (χ1v) is 8.47. The molecule has 0 amide bonds. The summed E-state index contributed by atoms with van der Waals surface area (Å²) in [5, 5.41) is 10.7. The third-order valence-electron chi connectivity index (χ3n) is 3.82. The molecule has 0 saturated carbocycles. The fraction of sp³-hybridized carbons (Fsp3) is 0.929. The minimum atomic E-state index is 0.344. The first-order valence-electron chi connectivity index (χ1n) is 7.59. The summed E-state index contributed by atoms with van der Waals surface area (Å²) in [5.41, 5.74) is 0. The summed E-state index contributed by atoms with van der Waals surface area (Å²) >= 11 is 1.93. The number of nitrogens with zero attached hydrogens (tertiary/aromatic N) is 3. The average Bonchev–Trinajstić information content (AvgIpc) is 2.86. The average molecular weight is 285 g/mol. The van der Waals surface area contributed by atoms with Crippen molar-refractivity contribution in [2.45, 2.75) is 37.9 Å². The number of hydrogen-bond donors (Lipinski definition) is 1. The standard InChI is InChI=1S/C14H27N3OS/c1-13-12-15-14(19-13)17-9-7-16(8-10-17)6-4-2-3-5-11-18/h13,18H,2-12H2,1H3/t13-/m1/s1. The van der Waals surface area contributed by atoms with Gasteiger partial charge in [0.15, 0.2) is 5.17 Å². The Kier molecular flexibility index (Phi) is 6.47. The summed E-state index contributed by atoms with van der Waals surface area (Å²) in [4.78, 5) is 9.65. The second-order valence-electron chi connectivity index (χ2n) is 5.52. The van der Waals surface area contributed by atoms with Crippen LogP contribution in [-0.4, -0.2) is 71.2 Å². The van der Waals surface area contributed by atoms with Crippen LogP contribution in [0.4, 0.5) is 0 Å². The molecule has 2 heterocycles. The van der Waals surface area contributed by atoms with E-state index >= 15 is 0 Å². The van der Waals surface area contributed by atoms with Gasteiger partial charge in [-0.25, -0.2) is 0 Å². The number of piperazine rings is 1. The molecule has 0 aliphatic carbocycles. The molecule has 0 unspecified atom stereocenters. The number of aliphatic hydroxyl groups excluding tert-OH is 1. The van der Waals surface area contributed by atoms with Crippen LogP contribution < -0.4 is 0 Å². The van der Waals surface area contributed by atoms with Crippen LogP contribution in [-0.2, 0) is 0 Å². The topological polar surface area (TPSA) is 39.1 Å². The van der Waals surface area contributed by atoms with Crippen molar-refractivity contribution in [3.8, 4) is 0 Å². The maximum absolute atomic E-state index is 8.74. The van der Waals surface area contributed by atoms with Crippen LogP contribution in [0, 0.1) is 0 Å². The van der Waals surface area contributed by atoms with Crippen LogP contribution in [0.1, 0.15) is 32.6 Å². The Labute approximate surface area is 121 Å². The van der Waals surface area contributed by atoms with E-state index in [9.17, 15) is 0 Å². The van der Waals surface area contributed by atoms with E-state index in [0.29, 0.717) is 11.9 Å². The minimum absolute atomic E-state index is 0.344. The Bertz CT molecular complexity index is 290. The van der Waals surface area contributed by atoms with Gasteiger partial charge in [-0.15, -0.1) is 0 Å². The van der Waals surface area contributed by atoms with Gasteiger partial charge in [-0.3, -0.25) is 9.89 Å². The lowest BCUT2D eigenvalue weighted by Gasteiger charge is -2.35. The molecule has 0 aromatic carbocycles. The Hall–Kier alpha value is -0.260. The van der Waals surface area contributed by atoms with E-state index < -0.39 is 0 Å². The van der Waals surface area contributed by atoms with E-state index in [-0.39, 0.29) is 0 Å². The van der Waals surface area contributed by atoms with E-state index in [4.69, 9.17) is 5.11 Å². The van der Waals surface area contributed by atoms with E-state index in [1.807, 2.05) is 11.8 Å². The van der Waals surface area contributed by atoms with Gasteiger partial charge < -0.3 is 10.0 Å². The lowest BCUT2D eigenvalue weighted by Crippen LogP contribution is -2.47. The van der Waals surface area contributed by atoms with Crippen molar-refractivity contribution >= 4 is 16.9 Å². The Morgan fingerprint density at radius 2 is 1.89 bits per heavy atom. The molecule has 0 bridgehead atoms. The molecule has 2 aliphatic rings. The van der Waals surface area contributed by atoms with E-state index in [2.05, 4.69) is 21.7 Å². The highest BCUT2D eigenvalue weighted by Crippen LogP contribution is 2.23. The molecule has 0 radical (unpaired) electrons. The van der Waals surface area contributed by atoms with Gasteiger partial charge in [-0.05, 0) is 19.4 Å². The van der Waals surface area contributed by atoms with Gasteiger partial charge in [0.1, 0.15) is 0 Å². The molecule has 19 heavy (non-hydrogen) atoms. The third kappa shape index (κ3) is 4.97. The van der Waals surface area contributed by atoms with Gasteiger partial charge in [0.05, 0.1) is 6.54 Å². The Balaban J connectivity index is 1.58. The van der Waals surface area contributed by atoms with Crippen molar-refractivity contribution < 1.29 is 5.11 Å². The molecular formula is C14H27N3OS. The predicted octanol–water partition coefficient (Wildman–Crippen LogP) is 1.65. The molecule has 1 atom stereocenters. The number of amidine groups is 1. The van der Waals surface area contributed by atoms with Gasteiger partial charge in [-0.1, -0.05) is 31.5 Å². The van der Waals surface area contributed by atoms with Crippen LogP contribution in [0.2, 0.25) is 0 Å². The number of aliphatic hydroxyl groups is 1. The quantitative estimate of drug-likeness (QED) is 0.753. The van der Waals surface area contributed by atoms with Crippen molar-refractivity contribution in [1.29, 1.82) is 0 Å². The van der Waals surface area contributed by atoms with E-state index in [1.54, 1.807) is 0 Å². The molecule has 0 aromatic heterocycles.